The highest BCUT2D eigenvalue weighted by Gasteiger charge is 2.07. The van der Waals surface area contributed by atoms with E-state index in [4.69, 9.17) is 0 Å². The fraction of sp³-hybridized carbons (Fsp3) is 0.100. The largest absolute Gasteiger partial charge is 0.224 e. The van der Waals surface area contributed by atoms with E-state index in [1.54, 1.807) is 35.7 Å². The van der Waals surface area contributed by atoms with Gasteiger partial charge in [0.05, 0.1) is 4.90 Å². The first-order valence-electron chi connectivity index (χ1n) is 7.73. The van der Waals surface area contributed by atoms with Crippen LogP contribution in [0.5, 0.6) is 0 Å². The Hall–Kier alpha value is -1.69. The van der Waals surface area contributed by atoms with Crippen LogP contribution < -0.4 is 0 Å². The first-order chi connectivity index (χ1) is 11.9. The molecule has 0 saturated carbocycles. The van der Waals surface area contributed by atoms with Gasteiger partial charge in [0.2, 0.25) is 0 Å². The van der Waals surface area contributed by atoms with Crippen molar-refractivity contribution in [3.8, 4) is 0 Å². The summed E-state index contributed by atoms with van der Waals surface area (Å²) in [5.41, 5.74) is 1.26. The summed E-state index contributed by atoms with van der Waals surface area (Å²) >= 11 is 3.36. The maximum absolute atomic E-state index is 11.5. The number of sulfone groups is 1. The van der Waals surface area contributed by atoms with Crippen LogP contribution in [0, 0.1) is 6.92 Å². The van der Waals surface area contributed by atoms with E-state index in [2.05, 4.69) is 55.5 Å². The number of rotatable bonds is 5. The molecular weight excluding hydrogens is 368 g/mol. The Balaban J connectivity index is 1.67. The zero-order valence-electron chi connectivity index (χ0n) is 14.0. The van der Waals surface area contributed by atoms with E-state index in [-0.39, 0.29) is 0 Å². The van der Waals surface area contributed by atoms with Crippen LogP contribution in [-0.4, -0.2) is 14.7 Å². The first-order valence-corrected chi connectivity index (χ1v) is 11.3. The minimum Gasteiger partial charge on any atom is -0.224 e. The van der Waals surface area contributed by atoms with E-state index in [1.165, 1.54) is 21.6 Å². The van der Waals surface area contributed by atoms with Gasteiger partial charge in [-0.1, -0.05) is 41.2 Å². The van der Waals surface area contributed by atoms with Crippen LogP contribution in [0.1, 0.15) is 5.56 Å². The van der Waals surface area contributed by atoms with Gasteiger partial charge in [0.25, 0.3) is 0 Å². The molecule has 3 rings (SSSR count). The normalized spacial score (nSPS) is 11.4. The minimum atomic E-state index is -3.14. The van der Waals surface area contributed by atoms with Crippen molar-refractivity contribution in [2.45, 2.75) is 31.4 Å². The van der Waals surface area contributed by atoms with Gasteiger partial charge < -0.3 is 0 Å². The monoisotopic (exact) mass is 386 g/mol. The molecule has 0 spiro atoms. The minimum absolute atomic E-state index is 0.349. The van der Waals surface area contributed by atoms with Crippen molar-refractivity contribution >= 4 is 33.4 Å². The van der Waals surface area contributed by atoms with Crippen molar-refractivity contribution in [2.75, 3.05) is 6.26 Å². The molecule has 0 amide bonds. The van der Waals surface area contributed by atoms with Crippen molar-refractivity contribution in [1.29, 1.82) is 0 Å². The first kappa shape index (κ1) is 18.1. The highest BCUT2D eigenvalue weighted by molar-refractivity contribution is 7.99. The Kier molecular flexibility index (Phi) is 5.57. The van der Waals surface area contributed by atoms with Gasteiger partial charge in [-0.2, -0.15) is 0 Å². The molecule has 0 aliphatic rings. The molecule has 0 atom stereocenters. The van der Waals surface area contributed by atoms with Gasteiger partial charge in [-0.05, 0) is 67.6 Å². The summed E-state index contributed by atoms with van der Waals surface area (Å²) in [5, 5.41) is 0. The van der Waals surface area contributed by atoms with E-state index >= 15 is 0 Å². The predicted octanol–water partition coefficient (Wildman–Crippen LogP) is 5.70. The van der Waals surface area contributed by atoms with E-state index < -0.39 is 9.84 Å². The SMILES string of the molecule is Cc1ccc(Sc2ccc(Sc3ccc(S(C)(=O)=O)cc3)cc2)cc1. The molecule has 25 heavy (non-hydrogen) atoms. The summed E-state index contributed by atoms with van der Waals surface area (Å²) in [4.78, 5) is 4.91. The average Bonchev–Trinajstić information content (AvgIpc) is 2.58. The summed E-state index contributed by atoms with van der Waals surface area (Å²) in [6.45, 7) is 2.09. The molecule has 0 unspecified atom stereocenters. The zero-order valence-corrected chi connectivity index (χ0v) is 16.4. The van der Waals surface area contributed by atoms with Gasteiger partial charge in [-0.15, -0.1) is 0 Å². The Bertz CT molecular complexity index is 943. The molecule has 0 aliphatic heterocycles. The zero-order chi connectivity index (χ0) is 17.9. The maximum atomic E-state index is 11.5. The third kappa shape index (κ3) is 5.14. The van der Waals surface area contributed by atoms with E-state index in [1.807, 2.05) is 12.1 Å². The second kappa shape index (κ2) is 7.68. The lowest BCUT2D eigenvalue weighted by Gasteiger charge is -2.06. The molecule has 5 heteroatoms. The van der Waals surface area contributed by atoms with Crippen LogP contribution in [0.4, 0.5) is 0 Å². The topological polar surface area (TPSA) is 34.1 Å². The fourth-order valence-electron chi connectivity index (χ4n) is 2.21. The molecule has 0 radical (unpaired) electrons. The highest BCUT2D eigenvalue weighted by atomic mass is 32.2. The lowest BCUT2D eigenvalue weighted by molar-refractivity contribution is 0.602. The van der Waals surface area contributed by atoms with Crippen LogP contribution in [0.3, 0.4) is 0 Å². The highest BCUT2D eigenvalue weighted by Crippen LogP contribution is 2.32. The number of aryl methyl sites for hydroxylation is 1. The molecule has 3 aromatic carbocycles. The van der Waals surface area contributed by atoms with E-state index in [0.717, 1.165) is 9.79 Å². The Morgan fingerprint density at radius 2 is 0.920 bits per heavy atom. The quantitative estimate of drug-likeness (QED) is 0.563. The number of hydrogen-bond donors (Lipinski definition) is 0. The summed E-state index contributed by atoms with van der Waals surface area (Å²) in [5.74, 6) is 0. The smallest absolute Gasteiger partial charge is 0.175 e. The van der Waals surface area contributed by atoms with Crippen LogP contribution in [0.25, 0.3) is 0 Å². The Labute approximate surface area is 157 Å². The summed E-state index contributed by atoms with van der Waals surface area (Å²) < 4.78 is 23.0. The van der Waals surface area contributed by atoms with Crippen molar-refractivity contribution in [2.24, 2.45) is 0 Å². The van der Waals surface area contributed by atoms with Gasteiger partial charge in [0.15, 0.2) is 9.84 Å². The molecule has 3 aromatic rings. The molecule has 0 heterocycles. The standard InChI is InChI=1S/C20H18O2S3/c1-15-3-5-16(6-4-15)23-17-7-9-18(10-8-17)24-19-11-13-20(14-12-19)25(2,21)22/h3-14H,1-2H3. The lowest BCUT2D eigenvalue weighted by Crippen LogP contribution is -1.95. The van der Waals surface area contributed by atoms with Gasteiger partial charge in [0, 0.05) is 25.8 Å². The molecule has 0 N–H and O–H groups in total. The summed E-state index contributed by atoms with van der Waals surface area (Å²) in [6.07, 6.45) is 1.22. The molecule has 0 aromatic heterocycles. The van der Waals surface area contributed by atoms with Gasteiger partial charge in [-0.25, -0.2) is 8.42 Å². The molecular formula is C20H18O2S3. The maximum Gasteiger partial charge on any atom is 0.175 e. The molecule has 0 bridgehead atoms. The second-order valence-corrected chi connectivity index (χ2v) is 10.0. The van der Waals surface area contributed by atoms with Crippen molar-refractivity contribution in [1.82, 2.24) is 0 Å². The van der Waals surface area contributed by atoms with Gasteiger partial charge in [-0.3, -0.25) is 0 Å². The van der Waals surface area contributed by atoms with E-state index in [9.17, 15) is 8.42 Å². The van der Waals surface area contributed by atoms with Crippen LogP contribution in [0.15, 0.2) is 97.3 Å². The van der Waals surface area contributed by atoms with Crippen LogP contribution in [0.2, 0.25) is 0 Å². The molecule has 0 fully saturated rings. The van der Waals surface area contributed by atoms with Crippen LogP contribution >= 0.6 is 23.5 Å². The van der Waals surface area contributed by atoms with Gasteiger partial charge in [0.1, 0.15) is 0 Å². The van der Waals surface area contributed by atoms with Crippen molar-refractivity contribution in [3.63, 3.8) is 0 Å². The number of hydrogen-bond acceptors (Lipinski definition) is 4. The fourth-order valence-corrected chi connectivity index (χ4v) is 4.47. The third-order valence-corrected chi connectivity index (χ3v) is 6.73. The molecule has 2 nitrogen and oxygen atoms in total. The Morgan fingerprint density at radius 1 is 0.600 bits per heavy atom. The average molecular weight is 387 g/mol. The molecule has 128 valence electrons. The predicted molar refractivity (Wildman–Crippen MR) is 105 cm³/mol. The lowest BCUT2D eigenvalue weighted by atomic mass is 10.2. The summed E-state index contributed by atoms with van der Waals surface area (Å²) in [7, 11) is -3.14. The van der Waals surface area contributed by atoms with Crippen LogP contribution in [-0.2, 0) is 9.84 Å². The molecule has 0 saturated heterocycles. The van der Waals surface area contributed by atoms with E-state index in [0.29, 0.717) is 4.90 Å². The molecule has 0 aliphatic carbocycles. The number of benzene rings is 3. The summed E-state index contributed by atoms with van der Waals surface area (Å²) in [6, 6.07) is 23.9. The van der Waals surface area contributed by atoms with Gasteiger partial charge >= 0.3 is 0 Å². The third-order valence-electron chi connectivity index (χ3n) is 3.57. The van der Waals surface area contributed by atoms with Crippen molar-refractivity contribution in [3.05, 3.63) is 78.4 Å². The second-order valence-electron chi connectivity index (χ2n) is 5.73. The van der Waals surface area contributed by atoms with Crippen molar-refractivity contribution < 1.29 is 8.42 Å². The Morgan fingerprint density at radius 3 is 1.28 bits per heavy atom.